The molecule has 2 N–H and O–H groups in total. The molecular weight excluding hydrogens is 412 g/mol. The molecule has 0 spiro atoms. The monoisotopic (exact) mass is 437 g/mol. The molecule has 1 saturated heterocycles. The van der Waals surface area contributed by atoms with E-state index in [0.29, 0.717) is 13.0 Å². The second-order valence-corrected chi connectivity index (χ2v) is 8.14. The minimum Gasteiger partial charge on any atom is -0.352 e. The molecule has 4 aromatic rings. The van der Waals surface area contributed by atoms with Gasteiger partial charge in [-0.25, -0.2) is 18.7 Å². The number of aryl methyl sites for hydroxylation is 1. The molecule has 1 aliphatic rings. The van der Waals surface area contributed by atoms with Crippen LogP contribution >= 0.6 is 0 Å². The second kappa shape index (κ2) is 8.40. The fourth-order valence-corrected chi connectivity index (χ4v) is 4.56. The van der Waals surface area contributed by atoms with Gasteiger partial charge in [0.05, 0.1) is 11.2 Å². The van der Waals surface area contributed by atoms with Gasteiger partial charge in [0.25, 0.3) is 0 Å². The molecule has 1 fully saturated rings. The summed E-state index contributed by atoms with van der Waals surface area (Å²) in [5.41, 5.74) is 10.5. The summed E-state index contributed by atoms with van der Waals surface area (Å²) >= 11 is 0. The third-order valence-corrected chi connectivity index (χ3v) is 6.31. The van der Waals surface area contributed by atoms with Crippen molar-refractivity contribution in [2.24, 2.45) is 12.8 Å². The van der Waals surface area contributed by atoms with Crippen molar-refractivity contribution in [2.45, 2.75) is 13.0 Å². The van der Waals surface area contributed by atoms with Gasteiger partial charge in [-0.15, -0.1) is 0 Å². The lowest BCUT2D eigenvalue weighted by Crippen LogP contribution is -2.47. The highest BCUT2D eigenvalue weighted by Crippen LogP contribution is 2.33. The zero-order valence-corrected chi connectivity index (χ0v) is 17.9. The fourth-order valence-electron chi connectivity index (χ4n) is 4.56. The van der Waals surface area contributed by atoms with Crippen molar-refractivity contribution in [2.75, 3.05) is 37.6 Å². The van der Waals surface area contributed by atoms with E-state index in [1.807, 2.05) is 13.1 Å². The van der Waals surface area contributed by atoms with E-state index in [1.165, 1.54) is 12.1 Å². The highest BCUT2D eigenvalue weighted by atomic mass is 19.2. The smallest absolute Gasteiger partial charge is 0.159 e. The molecule has 166 valence electrons. The van der Waals surface area contributed by atoms with Gasteiger partial charge in [0, 0.05) is 57.9 Å². The molecule has 0 atom stereocenters. The van der Waals surface area contributed by atoms with Crippen molar-refractivity contribution in [1.82, 2.24) is 24.4 Å². The van der Waals surface area contributed by atoms with Crippen LogP contribution in [0.1, 0.15) is 11.3 Å². The quantitative estimate of drug-likeness (QED) is 0.517. The highest BCUT2D eigenvalue weighted by molar-refractivity contribution is 6.10. The van der Waals surface area contributed by atoms with Gasteiger partial charge in [-0.2, -0.15) is 0 Å². The van der Waals surface area contributed by atoms with Crippen LogP contribution in [-0.2, 0) is 20.0 Å². The first kappa shape index (κ1) is 20.7. The van der Waals surface area contributed by atoms with Gasteiger partial charge in [-0.05, 0) is 30.2 Å². The standard InChI is InChI=1S/C23H25F2N7/c1-30-19-4-6-27-18(13-26)20(19)21-22(30)23(29-14-28-21)32-10-8-31(9-11-32)7-5-15-2-3-16(24)17(25)12-15/h2-4,6,12,14H,5,7-11,13,26H2,1H3. The fraction of sp³-hybridized carbons (Fsp3) is 0.348. The Morgan fingerprint density at radius 1 is 1.00 bits per heavy atom. The minimum absolute atomic E-state index is 0.354. The summed E-state index contributed by atoms with van der Waals surface area (Å²) in [4.78, 5) is 18.2. The van der Waals surface area contributed by atoms with Gasteiger partial charge >= 0.3 is 0 Å². The number of anilines is 1. The maximum atomic E-state index is 13.4. The first-order chi connectivity index (χ1) is 15.6. The molecule has 4 heterocycles. The zero-order chi connectivity index (χ0) is 22.2. The van der Waals surface area contributed by atoms with Crippen molar-refractivity contribution in [3.63, 3.8) is 0 Å². The largest absolute Gasteiger partial charge is 0.352 e. The predicted molar refractivity (Wildman–Crippen MR) is 120 cm³/mol. The second-order valence-electron chi connectivity index (χ2n) is 8.14. The van der Waals surface area contributed by atoms with Crippen molar-refractivity contribution in [3.8, 4) is 0 Å². The number of halogens is 2. The summed E-state index contributed by atoms with van der Waals surface area (Å²) in [6.07, 6.45) is 4.08. The number of pyridine rings is 1. The van der Waals surface area contributed by atoms with Crippen LogP contribution in [0, 0.1) is 11.6 Å². The molecule has 1 aliphatic heterocycles. The number of piperazine rings is 1. The number of nitrogens with zero attached hydrogens (tertiary/aromatic N) is 6. The molecular formula is C23H25F2N7. The van der Waals surface area contributed by atoms with E-state index >= 15 is 0 Å². The van der Waals surface area contributed by atoms with Gasteiger partial charge in [0.1, 0.15) is 17.4 Å². The molecule has 0 unspecified atom stereocenters. The van der Waals surface area contributed by atoms with E-state index in [9.17, 15) is 8.78 Å². The number of fused-ring (bicyclic) bond motifs is 3. The van der Waals surface area contributed by atoms with E-state index in [1.54, 1.807) is 18.6 Å². The number of hydrogen-bond donors (Lipinski definition) is 1. The lowest BCUT2D eigenvalue weighted by atomic mass is 10.1. The van der Waals surface area contributed by atoms with Gasteiger partial charge < -0.3 is 15.2 Å². The highest BCUT2D eigenvalue weighted by Gasteiger charge is 2.23. The molecule has 1 aromatic carbocycles. The third-order valence-electron chi connectivity index (χ3n) is 6.31. The first-order valence-corrected chi connectivity index (χ1v) is 10.7. The van der Waals surface area contributed by atoms with Crippen molar-refractivity contribution >= 4 is 27.8 Å². The van der Waals surface area contributed by atoms with Crippen LogP contribution in [0.3, 0.4) is 0 Å². The Morgan fingerprint density at radius 2 is 1.81 bits per heavy atom. The molecule has 32 heavy (non-hydrogen) atoms. The van der Waals surface area contributed by atoms with Gasteiger partial charge in [0.2, 0.25) is 0 Å². The Kier molecular flexibility index (Phi) is 5.44. The topological polar surface area (TPSA) is 76.1 Å². The average molecular weight is 437 g/mol. The van der Waals surface area contributed by atoms with Crippen LogP contribution in [0.25, 0.3) is 21.9 Å². The van der Waals surface area contributed by atoms with Crippen molar-refractivity contribution in [1.29, 1.82) is 0 Å². The number of hydrogen-bond acceptors (Lipinski definition) is 6. The number of benzene rings is 1. The van der Waals surface area contributed by atoms with Crippen LogP contribution in [0.15, 0.2) is 36.8 Å². The minimum atomic E-state index is -0.804. The van der Waals surface area contributed by atoms with E-state index in [-0.39, 0.29) is 0 Å². The molecule has 3 aromatic heterocycles. The number of aromatic nitrogens is 4. The molecule has 0 saturated carbocycles. The maximum absolute atomic E-state index is 13.4. The summed E-state index contributed by atoms with van der Waals surface area (Å²) in [5, 5.41) is 0.987. The lowest BCUT2D eigenvalue weighted by molar-refractivity contribution is 0.260. The third kappa shape index (κ3) is 3.57. The molecule has 9 heteroatoms. The normalized spacial score (nSPS) is 15.2. The molecule has 0 radical (unpaired) electrons. The Labute approximate surface area is 184 Å². The molecule has 5 rings (SSSR count). The Hall–Kier alpha value is -3.17. The first-order valence-electron chi connectivity index (χ1n) is 10.7. The SMILES string of the molecule is Cn1c2ccnc(CN)c2c2ncnc(N3CCN(CCc4ccc(F)c(F)c4)CC3)c21. The van der Waals surface area contributed by atoms with Crippen LogP contribution in [0.5, 0.6) is 0 Å². The van der Waals surface area contributed by atoms with E-state index < -0.39 is 11.6 Å². The van der Waals surface area contributed by atoms with Gasteiger partial charge in [-0.1, -0.05) is 6.07 Å². The van der Waals surface area contributed by atoms with Crippen LogP contribution in [0.4, 0.5) is 14.6 Å². The maximum Gasteiger partial charge on any atom is 0.159 e. The zero-order valence-electron chi connectivity index (χ0n) is 17.9. The Bertz CT molecular complexity index is 1280. The number of nitrogens with two attached hydrogens (primary N) is 1. The molecule has 0 bridgehead atoms. The lowest BCUT2D eigenvalue weighted by Gasteiger charge is -2.35. The van der Waals surface area contributed by atoms with Crippen LogP contribution < -0.4 is 10.6 Å². The molecule has 0 amide bonds. The van der Waals surface area contributed by atoms with Gasteiger partial charge in [0.15, 0.2) is 17.5 Å². The van der Waals surface area contributed by atoms with Crippen molar-refractivity contribution in [3.05, 3.63) is 59.7 Å². The van der Waals surface area contributed by atoms with Crippen LogP contribution in [0.2, 0.25) is 0 Å². The summed E-state index contributed by atoms with van der Waals surface area (Å²) in [6.45, 7) is 4.55. The predicted octanol–water partition coefficient (Wildman–Crippen LogP) is 2.62. The summed E-state index contributed by atoms with van der Waals surface area (Å²) in [5.74, 6) is -0.679. The van der Waals surface area contributed by atoms with E-state index in [2.05, 4.69) is 29.3 Å². The van der Waals surface area contributed by atoms with Crippen LogP contribution in [-0.4, -0.2) is 57.1 Å². The molecule has 0 aliphatic carbocycles. The average Bonchev–Trinajstić information content (AvgIpc) is 3.13. The summed E-state index contributed by atoms with van der Waals surface area (Å²) in [7, 11) is 2.02. The van der Waals surface area contributed by atoms with Crippen molar-refractivity contribution < 1.29 is 8.78 Å². The van der Waals surface area contributed by atoms with E-state index in [4.69, 9.17) is 5.73 Å². The van der Waals surface area contributed by atoms with E-state index in [0.717, 1.165) is 71.7 Å². The summed E-state index contributed by atoms with van der Waals surface area (Å²) < 4.78 is 28.7. The summed E-state index contributed by atoms with van der Waals surface area (Å²) in [6, 6.07) is 6.11. The number of rotatable bonds is 5. The molecule has 7 nitrogen and oxygen atoms in total. The Balaban J connectivity index is 1.34. The van der Waals surface area contributed by atoms with Gasteiger partial charge in [-0.3, -0.25) is 9.88 Å². The Morgan fingerprint density at radius 3 is 2.56 bits per heavy atom.